The number of hydrogen-bond donors (Lipinski definition) is 0. The molecule has 0 aromatic heterocycles. The maximum atomic E-state index is 12.0. The van der Waals surface area contributed by atoms with E-state index >= 15 is 0 Å². The van der Waals surface area contributed by atoms with Crippen molar-refractivity contribution in [3.63, 3.8) is 0 Å². The zero-order valence-corrected chi connectivity index (χ0v) is 14.3. The van der Waals surface area contributed by atoms with Crippen molar-refractivity contribution in [3.05, 3.63) is 59.6 Å². The van der Waals surface area contributed by atoms with Crippen molar-refractivity contribution >= 4 is 5.97 Å². The third-order valence-corrected chi connectivity index (χ3v) is 3.18. The molecule has 22 heavy (non-hydrogen) atoms. The number of benzene rings is 1. The predicted molar refractivity (Wildman–Crippen MR) is 89.0 cm³/mol. The first-order valence-electron chi connectivity index (χ1n) is 7.52. The van der Waals surface area contributed by atoms with Gasteiger partial charge in [0, 0.05) is 5.57 Å². The van der Waals surface area contributed by atoms with E-state index in [1.807, 2.05) is 71.9 Å². The van der Waals surface area contributed by atoms with Gasteiger partial charge in [0.15, 0.2) is 0 Å². The van der Waals surface area contributed by atoms with Crippen LogP contribution in [-0.4, -0.2) is 5.97 Å². The van der Waals surface area contributed by atoms with Gasteiger partial charge in [-0.2, -0.15) is 0 Å². The third-order valence-electron chi connectivity index (χ3n) is 3.18. The van der Waals surface area contributed by atoms with Gasteiger partial charge in [0.2, 0.25) is 0 Å². The highest BCUT2D eigenvalue weighted by atomic mass is 16.5. The highest BCUT2D eigenvalue weighted by Gasteiger charge is 2.24. The first kappa shape index (κ1) is 18.0. The second-order valence-corrected chi connectivity index (χ2v) is 6.28. The zero-order valence-electron chi connectivity index (χ0n) is 14.3. The first-order valence-corrected chi connectivity index (χ1v) is 7.52. The van der Waals surface area contributed by atoms with Crippen LogP contribution in [0, 0.1) is 5.41 Å². The molecule has 3 nitrogen and oxygen atoms in total. The summed E-state index contributed by atoms with van der Waals surface area (Å²) in [4.78, 5) is 12.0. The van der Waals surface area contributed by atoms with Gasteiger partial charge >= 0.3 is 5.97 Å². The third kappa shape index (κ3) is 5.40. The highest BCUT2D eigenvalue weighted by Crippen LogP contribution is 2.22. The summed E-state index contributed by atoms with van der Waals surface area (Å²) < 4.78 is 11.2. The molecule has 0 aliphatic carbocycles. The number of carbonyl (C=O) groups excluding carboxylic acids is 1. The van der Waals surface area contributed by atoms with Gasteiger partial charge < -0.3 is 9.47 Å². The van der Waals surface area contributed by atoms with E-state index in [0.717, 1.165) is 11.1 Å². The molecular weight excluding hydrogens is 276 g/mol. The molecule has 0 spiro atoms. The average Bonchev–Trinajstić information content (AvgIpc) is 2.49. The predicted octanol–water partition coefficient (Wildman–Crippen LogP) is 5.16. The summed E-state index contributed by atoms with van der Waals surface area (Å²) in [5.74, 6) is 0.268. The SMILES string of the molecule is C/C=C(OC(=O)C(C)(C)C)/C(C)=C/O[C@@H](C)c1ccccc1. The minimum absolute atomic E-state index is 0.0624. The standard InChI is InChI=1S/C19H26O3/c1-7-17(22-18(20)19(4,5)6)14(2)13-21-15(3)16-11-9-8-10-12-16/h7-13,15H,1-6H3/b14-13+,17-7-/t15-/m0/s1. The zero-order chi connectivity index (χ0) is 16.8. The van der Waals surface area contributed by atoms with Crippen molar-refractivity contribution in [1.82, 2.24) is 0 Å². The minimum atomic E-state index is -0.535. The van der Waals surface area contributed by atoms with Gasteiger partial charge in [-0.3, -0.25) is 4.79 Å². The van der Waals surface area contributed by atoms with Gasteiger partial charge in [-0.25, -0.2) is 0 Å². The number of ether oxygens (including phenoxy) is 2. The molecule has 0 saturated carbocycles. The summed E-state index contributed by atoms with van der Waals surface area (Å²) in [6, 6.07) is 9.97. The molecule has 0 radical (unpaired) electrons. The number of hydrogen-bond acceptors (Lipinski definition) is 3. The summed E-state index contributed by atoms with van der Waals surface area (Å²) in [7, 11) is 0. The fraction of sp³-hybridized carbons (Fsp3) is 0.421. The molecule has 1 rings (SSSR count). The molecular formula is C19H26O3. The van der Waals surface area contributed by atoms with Gasteiger partial charge in [0.1, 0.15) is 11.9 Å². The van der Waals surface area contributed by atoms with Crippen LogP contribution in [-0.2, 0) is 14.3 Å². The van der Waals surface area contributed by atoms with Crippen LogP contribution in [0.25, 0.3) is 0 Å². The molecule has 0 saturated heterocycles. The van der Waals surface area contributed by atoms with Crippen LogP contribution in [0.5, 0.6) is 0 Å². The largest absolute Gasteiger partial charge is 0.493 e. The van der Waals surface area contributed by atoms with Gasteiger partial charge in [-0.15, -0.1) is 0 Å². The van der Waals surface area contributed by atoms with Gasteiger partial charge in [0.25, 0.3) is 0 Å². The average molecular weight is 302 g/mol. The summed E-state index contributed by atoms with van der Waals surface area (Å²) in [6.45, 7) is 11.2. The molecule has 0 amide bonds. The molecule has 1 aromatic rings. The summed E-state index contributed by atoms with van der Waals surface area (Å²) in [5, 5.41) is 0. The molecule has 120 valence electrons. The van der Waals surface area contributed by atoms with Crippen LogP contribution in [0.4, 0.5) is 0 Å². The Balaban J connectivity index is 2.72. The van der Waals surface area contributed by atoms with Crippen LogP contribution in [0.3, 0.4) is 0 Å². The fourth-order valence-electron chi connectivity index (χ4n) is 1.68. The lowest BCUT2D eigenvalue weighted by molar-refractivity contribution is -0.148. The molecule has 1 aromatic carbocycles. The van der Waals surface area contributed by atoms with Crippen LogP contribution in [0.1, 0.15) is 53.2 Å². The van der Waals surface area contributed by atoms with Gasteiger partial charge in [-0.05, 0) is 53.2 Å². The lowest BCUT2D eigenvalue weighted by Crippen LogP contribution is -2.22. The number of carbonyl (C=O) groups is 1. The Morgan fingerprint density at radius 2 is 1.77 bits per heavy atom. The van der Waals surface area contributed by atoms with E-state index in [9.17, 15) is 4.79 Å². The smallest absolute Gasteiger partial charge is 0.316 e. The number of rotatable bonds is 5. The Hall–Kier alpha value is -2.03. The maximum absolute atomic E-state index is 12.0. The van der Waals surface area contributed by atoms with Crippen molar-refractivity contribution < 1.29 is 14.3 Å². The van der Waals surface area contributed by atoms with Crippen LogP contribution >= 0.6 is 0 Å². The van der Waals surface area contributed by atoms with Crippen molar-refractivity contribution in [2.75, 3.05) is 0 Å². The number of esters is 1. The monoisotopic (exact) mass is 302 g/mol. The molecule has 0 heterocycles. The van der Waals surface area contributed by atoms with Crippen molar-refractivity contribution in [3.8, 4) is 0 Å². The lowest BCUT2D eigenvalue weighted by Gasteiger charge is -2.19. The minimum Gasteiger partial charge on any atom is -0.493 e. The molecule has 3 heteroatoms. The Kier molecular flexibility index (Phi) is 6.41. The number of allylic oxidation sites excluding steroid dienone is 2. The van der Waals surface area contributed by atoms with Crippen LogP contribution in [0.15, 0.2) is 54.0 Å². The highest BCUT2D eigenvalue weighted by molar-refractivity contribution is 5.76. The maximum Gasteiger partial charge on any atom is 0.316 e. The van der Waals surface area contributed by atoms with E-state index in [1.54, 1.807) is 12.3 Å². The van der Waals surface area contributed by atoms with Crippen LogP contribution in [0.2, 0.25) is 0 Å². The van der Waals surface area contributed by atoms with Crippen molar-refractivity contribution in [1.29, 1.82) is 0 Å². The summed E-state index contributed by atoms with van der Waals surface area (Å²) in [5.41, 5.74) is 1.34. The first-order chi connectivity index (χ1) is 10.3. The van der Waals surface area contributed by atoms with Crippen molar-refractivity contribution in [2.45, 2.75) is 47.6 Å². The molecule has 0 aliphatic rings. The van der Waals surface area contributed by atoms with E-state index in [0.29, 0.717) is 5.76 Å². The topological polar surface area (TPSA) is 35.5 Å². The lowest BCUT2D eigenvalue weighted by atomic mass is 9.97. The molecule has 0 bridgehead atoms. The fourth-order valence-corrected chi connectivity index (χ4v) is 1.68. The van der Waals surface area contributed by atoms with Gasteiger partial charge in [0.05, 0.1) is 11.7 Å². The Morgan fingerprint density at radius 1 is 1.18 bits per heavy atom. The molecule has 1 atom stereocenters. The Bertz CT molecular complexity index is 548. The van der Waals surface area contributed by atoms with Gasteiger partial charge in [-0.1, -0.05) is 30.3 Å². The van der Waals surface area contributed by atoms with E-state index in [2.05, 4.69) is 0 Å². The molecule has 0 aliphatic heterocycles. The van der Waals surface area contributed by atoms with E-state index in [4.69, 9.17) is 9.47 Å². The van der Waals surface area contributed by atoms with E-state index in [-0.39, 0.29) is 12.1 Å². The molecule has 0 unspecified atom stereocenters. The van der Waals surface area contributed by atoms with Crippen LogP contribution < -0.4 is 0 Å². The normalized spacial score (nSPS) is 14.5. The van der Waals surface area contributed by atoms with E-state index < -0.39 is 5.41 Å². The molecule has 0 fully saturated rings. The Labute approximate surface area is 133 Å². The second kappa shape index (κ2) is 7.83. The summed E-state index contributed by atoms with van der Waals surface area (Å²) >= 11 is 0. The summed E-state index contributed by atoms with van der Waals surface area (Å²) in [6.07, 6.45) is 3.35. The quantitative estimate of drug-likeness (QED) is 0.428. The Morgan fingerprint density at radius 3 is 2.27 bits per heavy atom. The molecule has 0 N–H and O–H groups in total. The van der Waals surface area contributed by atoms with Crippen molar-refractivity contribution in [2.24, 2.45) is 5.41 Å². The van der Waals surface area contributed by atoms with E-state index in [1.165, 1.54) is 0 Å². The second-order valence-electron chi connectivity index (χ2n) is 6.28.